The van der Waals surface area contributed by atoms with Crippen LogP contribution >= 0.6 is 0 Å². The first-order valence-electron chi connectivity index (χ1n) is 8.05. The second kappa shape index (κ2) is 4.45. The number of nitrogen functional groups attached to an aromatic ring is 1. The number of nitrogens with zero attached hydrogens (tertiary/aromatic N) is 2. The molecule has 0 amide bonds. The van der Waals surface area contributed by atoms with Gasteiger partial charge < -0.3 is 11.5 Å². The molecular formula is C15H25N5. The fraction of sp³-hybridized carbons (Fsp3) is 0.867. The molecule has 4 saturated carbocycles. The van der Waals surface area contributed by atoms with Crippen molar-refractivity contribution < 1.29 is 0 Å². The van der Waals surface area contributed by atoms with Crippen molar-refractivity contribution in [2.75, 3.05) is 5.73 Å². The summed E-state index contributed by atoms with van der Waals surface area (Å²) < 4.78 is 0. The predicted molar refractivity (Wildman–Crippen MR) is 77.7 cm³/mol. The van der Waals surface area contributed by atoms with E-state index < -0.39 is 0 Å². The summed E-state index contributed by atoms with van der Waals surface area (Å²) in [6.07, 6.45) is 10.4. The van der Waals surface area contributed by atoms with Crippen LogP contribution in [0, 0.1) is 23.2 Å². The Balaban J connectivity index is 1.44. The lowest BCUT2D eigenvalue weighted by atomic mass is 9.47. The number of anilines is 1. The third-order valence-electron chi connectivity index (χ3n) is 6.11. The molecule has 4 fully saturated rings. The minimum Gasteiger partial charge on any atom is -0.367 e. The largest absolute Gasteiger partial charge is 0.367 e. The molecule has 5 rings (SSSR count). The maximum absolute atomic E-state index is 6.63. The average molecular weight is 275 g/mol. The zero-order chi connectivity index (χ0) is 13.7. The molecule has 4 bridgehead atoms. The molecule has 0 aliphatic heterocycles. The van der Waals surface area contributed by atoms with Gasteiger partial charge in [0.1, 0.15) is 5.82 Å². The van der Waals surface area contributed by atoms with E-state index in [1.807, 2.05) is 0 Å². The highest BCUT2D eigenvalue weighted by Crippen LogP contribution is 2.61. The van der Waals surface area contributed by atoms with Crippen molar-refractivity contribution in [3.05, 3.63) is 5.82 Å². The van der Waals surface area contributed by atoms with Crippen molar-refractivity contribution in [1.82, 2.24) is 15.2 Å². The fourth-order valence-electron chi connectivity index (χ4n) is 5.65. The van der Waals surface area contributed by atoms with Gasteiger partial charge in [0.2, 0.25) is 5.95 Å². The maximum atomic E-state index is 6.63. The van der Waals surface area contributed by atoms with E-state index in [1.165, 1.54) is 38.5 Å². The first-order valence-corrected chi connectivity index (χ1v) is 8.05. The third-order valence-corrected chi connectivity index (χ3v) is 6.11. The average Bonchev–Trinajstić information content (AvgIpc) is 2.80. The van der Waals surface area contributed by atoms with Gasteiger partial charge in [-0.05, 0) is 68.1 Å². The Morgan fingerprint density at radius 3 is 2.25 bits per heavy atom. The van der Waals surface area contributed by atoms with Gasteiger partial charge in [0.05, 0.1) is 0 Å². The number of aromatic amines is 1. The van der Waals surface area contributed by atoms with E-state index in [-0.39, 0.29) is 0 Å². The summed E-state index contributed by atoms with van der Waals surface area (Å²) in [4.78, 5) is 4.18. The molecule has 5 nitrogen and oxygen atoms in total. The molecule has 4 aliphatic carbocycles. The predicted octanol–water partition coefficient (Wildman–Crippen LogP) is 1.86. The number of nitrogens with two attached hydrogens (primary N) is 2. The molecule has 20 heavy (non-hydrogen) atoms. The lowest BCUT2D eigenvalue weighted by Gasteiger charge is -2.59. The van der Waals surface area contributed by atoms with Crippen LogP contribution in [0.2, 0.25) is 0 Å². The van der Waals surface area contributed by atoms with E-state index in [0.717, 1.165) is 36.4 Å². The molecule has 0 radical (unpaired) electrons. The second-order valence-corrected chi connectivity index (χ2v) is 7.57. The van der Waals surface area contributed by atoms with Crippen LogP contribution in [0.25, 0.3) is 0 Å². The standard InChI is InChI=1S/C15H25N5/c16-12(1-2-13-18-14(17)20-19-13)15-6-9-3-10(7-15)5-11(4-9)8-15/h9-12H,1-8,16H2,(H3,17,18,19,20). The van der Waals surface area contributed by atoms with E-state index in [0.29, 0.717) is 17.4 Å². The van der Waals surface area contributed by atoms with Crippen molar-refractivity contribution in [3.63, 3.8) is 0 Å². The van der Waals surface area contributed by atoms with Gasteiger partial charge in [0.15, 0.2) is 0 Å². The molecule has 1 aromatic rings. The highest BCUT2D eigenvalue weighted by atomic mass is 15.3. The van der Waals surface area contributed by atoms with E-state index in [2.05, 4.69) is 15.2 Å². The molecule has 0 spiro atoms. The molecule has 110 valence electrons. The van der Waals surface area contributed by atoms with Crippen molar-refractivity contribution in [2.45, 2.75) is 57.4 Å². The first kappa shape index (κ1) is 12.6. The number of rotatable bonds is 4. The summed E-state index contributed by atoms with van der Waals surface area (Å²) in [6, 6.07) is 0.308. The number of nitrogens with one attached hydrogen (secondary N) is 1. The van der Waals surface area contributed by atoms with Crippen molar-refractivity contribution in [3.8, 4) is 0 Å². The Morgan fingerprint density at radius 1 is 1.15 bits per heavy atom. The van der Waals surface area contributed by atoms with Crippen molar-refractivity contribution >= 4 is 5.95 Å². The van der Waals surface area contributed by atoms with Crippen LogP contribution in [0.4, 0.5) is 5.95 Å². The normalized spacial score (nSPS) is 40.1. The minimum atomic E-state index is 0.308. The van der Waals surface area contributed by atoms with Gasteiger partial charge >= 0.3 is 0 Å². The summed E-state index contributed by atoms with van der Waals surface area (Å²) in [5.41, 5.74) is 12.6. The van der Waals surface area contributed by atoms with Gasteiger partial charge in [0, 0.05) is 12.5 Å². The van der Waals surface area contributed by atoms with Gasteiger partial charge in [-0.15, -0.1) is 5.10 Å². The van der Waals surface area contributed by atoms with Crippen molar-refractivity contribution in [1.29, 1.82) is 0 Å². The molecule has 5 heteroatoms. The molecule has 5 N–H and O–H groups in total. The quantitative estimate of drug-likeness (QED) is 0.782. The smallest absolute Gasteiger partial charge is 0.239 e. The Hall–Kier alpha value is -1.10. The number of aryl methyl sites for hydroxylation is 1. The lowest BCUT2D eigenvalue weighted by molar-refractivity contribution is -0.0681. The van der Waals surface area contributed by atoms with E-state index in [9.17, 15) is 0 Å². The number of hydrogen-bond acceptors (Lipinski definition) is 4. The van der Waals surface area contributed by atoms with Crippen LogP contribution in [0.1, 0.15) is 50.8 Å². The van der Waals surface area contributed by atoms with Crippen LogP contribution in [-0.4, -0.2) is 21.2 Å². The molecular weight excluding hydrogens is 250 g/mol. The topological polar surface area (TPSA) is 93.6 Å². The molecule has 1 aromatic heterocycles. The maximum Gasteiger partial charge on any atom is 0.239 e. The van der Waals surface area contributed by atoms with E-state index in [4.69, 9.17) is 11.5 Å². The van der Waals surface area contributed by atoms with Gasteiger partial charge in [-0.1, -0.05) is 0 Å². The Kier molecular flexibility index (Phi) is 2.81. The second-order valence-electron chi connectivity index (χ2n) is 7.57. The summed E-state index contributed by atoms with van der Waals surface area (Å²) in [5, 5.41) is 6.78. The van der Waals surface area contributed by atoms with Crippen LogP contribution in [-0.2, 0) is 6.42 Å². The van der Waals surface area contributed by atoms with E-state index >= 15 is 0 Å². The molecule has 1 heterocycles. The molecule has 0 saturated heterocycles. The van der Waals surface area contributed by atoms with Gasteiger partial charge in [-0.2, -0.15) is 4.98 Å². The van der Waals surface area contributed by atoms with Crippen LogP contribution in [0.5, 0.6) is 0 Å². The SMILES string of the molecule is Nc1n[nH]c(CCC(N)C23CC4CC(CC(C4)C2)C3)n1. The lowest BCUT2D eigenvalue weighted by Crippen LogP contribution is -2.54. The van der Waals surface area contributed by atoms with Crippen LogP contribution < -0.4 is 11.5 Å². The van der Waals surface area contributed by atoms with Gasteiger partial charge in [-0.3, -0.25) is 5.10 Å². The Labute approximate surface area is 119 Å². The Bertz CT molecular complexity index is 459. The first-order chi connectivity index (χ1) is 9.63. The fourth-order valence-corrected chi connectivity index (χ4v) is 5.65. The van der Waals surface area contributed by atoms with E-state index in [1.54, 1.807) is 0 Å². The number of aromatic nitrogens is 3. The highest BCUT2D eigenvalue weighted by molar-refractivity contribution is 5.13. The number of H-pyrrole nitrogens is 1. The molecule has 1 atom stereocenters. The van der Waals surface area contributed by atoms with Gasteiger partial charge in [-0.25, -0.2) is 0 Å². The number of hydrogen-bond donors (Lipinski definition) is 3. The zero-order valence-corrected chi connectivity index (χ0v) is 12.0. The minimum absolute atomic E-state index is 0.308. The summed E-state index contributed by atoms with van der Waals surface area (Å²) in [7, 11) is 0. The molecule has 4 aliphatic rings. The third kappa shape index (κ3) is 2.03. The van der Waals surface area contributed by atoms with Crippen LogP contribution in [0.15, 0.2) is 0 Å². The van der Waals surface area contributed by atoms with Gasteiger partial charge in [0.25, 0.3) is 0 Å². The highest BCUT2D eigenvalue weighted by Gasteiger charge is 2.53. The summed E-state index contributed by atoms with van der Waals surface area (Å²) in [6.45, 7) is 0. The molecule has 0 aromatic carbocycles. The molecule has 1 unspecified atom stereocenters. The van der Waals surface area contributed by atoms with Crippen LogP contribution in [0.3, 0.4) is 0 Å². The Morgan fingerprint density at radius 2 is 1.75 bits per heavy atom. The monoisotopic (exact) mass is 275 g/mol. The summed E-state index contributed by atoms with van der Waals surface area (Å²) >= 11 is 0. The zero-order valence-electron chi connectivity index (χ0n) is 12.0. The van der Waals surface area contributed by atoms with Crippen molar-refractivity contribution in [2.24, 2.45) is 28.9 Å². The summed E-state index contributed by atoms with van der Waals surface area (Å²) in [5.74, 6) is 4.11.